The minimum atomic E-state index is -0.877. The van der Waals surface area contributed by atoms with Crippen LogP contribution in [0.2, 0.25) is 0 Å². The molecule has 0 fully saturated rings. The van der Waals surface area contributed by atoms with Gasteiger partial charge in [0.05, 0.1) is 5.52 Å². The maximum atomic E-state index is 13.5. The van der Waals surface area contributed by atoms with Crippen LogP contribution in [0.1, 0.15) is 17.1 Å². The molecule has 0 aliphatic heterocycles. The van der Waals surface area contributed by atoms with E-state index in [2.05, 4.69) is 21.4 Å². The maximum absolute atomic E-state index is 13.5. The van der Waals surface area contributed by atoms with E-state index >= 15 is 0 Å². The molecule has 3 rings (SSSR count). The lowest BCUT2D eigenvalue weighted by atomic mass is 10.2. The van der Waals surface area contributed by atoms with Gasteiger partial charge in [-0.3, -0.25) is 0 Å². The molecular weight excluding hydrogens is 266 g/mol. The molecule has 3 aromatic rings. The van der Waals surface area contributed by atoms with Crippen molar-refractivity contribution in [3.05, 3.63) is 52.0 Å². The number of aromatic amines is 1. The number of thiophene rings is 1. The lowest BCUT2D eigenvalue weighted by molar-refractivity contribution is 0.515. The molecule has 0 amide bonds. The highest BCUT2D eigenvalue weighted by Gasteiger charge is 2.11. The fraction of sp³-hybridized carbons (Fsp3) is 0.214. The number of aromatic nitrogens is 2. The lowest BCUT2D eigenvalue weighted by Gasteiger charge is -1.95. The van der Waals surface area contributed by atoms with E-state index < -0.39 is 11.6 Å². The molecular formula is C14H12F2N2S. The van der Waals surface area contributed by atoms with Gasteiger partial charge in [0.15, 0.2) is 11.6 Å². The fourth-order valence-corrected chi connectivity index (χ4v) is 2.82. The van der Waals surface area contributed by atoms with Gasteiger partial charge in [-0.05, 0) is 36.4 Å². The zero-order chi connectivity index (χ0) is 13.2. The van der Waals surface area contributed by atoms with Gasteiger partial charge in [-0.1, -0.05) is 6.07 Å². The first-order valence-electron chi connectivity index (χ1n) is 6.09. The Bertz CT molecular complexity index is 689. The number of rotatable bonds is 4. The first-order chi connectivity index (χ1) is 9.24. The smallest absolute Gasteiger partial charge is 0.186 e. The summed E-state index contributed by atoms with van der Waals surface area (Å²) >= 11 is 1.73. The second kappa shape index (κ2) is 5.09. The normalized spacial score (nSPS) is 11.3. The van der Waals surface area contributed by atoms with Gasteiger partial charge in [-0.2, -0.15) is 0 Å². The van der Waals surface area contributed by atoms with E-state index in [1.54, 1.807) is 11.3 Å². The Morgan fingerprint density at radius 2 is 2.05 bits per heavy atom. The Hall–Kier alpha value is -1.75. The first-order valence-corrected chi connectivity index (χ1v) is 6.97. The third-order valence-electron chi connectivity index (χ3n) is 3.01. The molecule has 0 saturated heterocycles. The fourth-order valence-electron chi connectivity index (χ4n) is 2.07. The van der Waals surface area contributed by atoms with E-state index in [0.29, 0.717) is 11.3 Å². The average Bonchev–Trinajstić information content (AvgIpc) is 3.03. The van der Waals surface area contributed by atoms with Crippen molar-refractivity contribution < 1.29 is 8.78 Å². The van der Waals surface area contributed by atoms with E-state index in [1.807, 2.05) is 6.07 Å². The molecule has 0 aliphatic carbocycles. The van der Waals surface area contributed by atoms with E-state index in [0.717, 1.165) is 25.3 Å². The van der Waals surface area contributed by atoms with Crippen molar-refractivity contribution in [2.75, 3.05) is 0 Å². The van der Waals surface area contributed by atoms with Gasteiger partial charge in [0.1, 0.15) is 11.3 Å². The largest absolute Gasteiger partial charge is 0.342 e. The number of halogens is 2. The quantitative estimate of drug-likeness (QED) is 0.765. The van der Waals surface area contributed by atoms with Crippen molar-refractivity contribution >= 4 is 22.4 Å². The molecule has 98 valence electrons. The molecule has 0 spiro atoms. The first kappa shape index (κ1) is 12.3. The molecule has 0 unspecified atom stereocenters. The van der Waals surface area contributed by atoms with Crippen molar-refractivity contribution in [3.8, 4) is 0 Å². The highest BCUT2D eigenvalue weighted by molar-refractivity contribution is 7.09. The molecule has 2 nitrogen and oxygen atoms in total. The van der Waals surface area contributed by atoms with Gasteiger partial charge in [0, 0.05) is 11.3 Å². The summed E-state index contributed by atoms with van der Waals surface area (Å²) in [6, 6.07) is 6.76. The van der Waals surface area contributed by atoms with Crippen molar-refractivity contribution in [3.63, 3.8) is 0 Å². The zero-order valence-corrected chi connectivity index (χ0v) is 10.9. The van der Waals surface area contributed by atoms with E-state index in [9.17, 15) is 8.78 Å². The highest BCUT2D eigenvalue weighted by Crippen LogP contribution is 2.19. The van der Waals surface area contributed by atoms with Crippen LogP contribution in [-0.2, 0) is 12.8 Å². The Labute approximate surface area is 113 Å². The predicted octanol–water partition coefficient (Wildman–Crippen LogP) is 4.08. The predicted molar refractivity (Wildman–Crippen MR) is 72.4 cm³/mol. The summed E-state index contributed by atoms with van der Waals surface area (Å²) in [6.07, 6.45) is 2.64. The van der Waals surface area contributed by atoms with Crippen molar-refractivity contribution in [2.45, 2.75) is 19.3 Å². The standard InChI is InChI=1S/C14H12F2N2S/c15-10-6-7-11-14(13(10)16)18-12(17-11)5-1-3-9-4-2-8-19-9/h2,4,6-8H,1,3,5H2,(H,17,18). The topological polar surface area (TPSA) is 28.7 Å². The van der Waals surface area contributed by atoms with Gasteiger partial charge >= 0.3 is 0 Å². The van der Waals surface area contributed by atoms with Crippen LogP contribution >= 0.6 is 11.3 Å². The summed E-state index contributed by atoms with van der Waals surface area (Å²) in [5, 5.41) is 2.05. The molecule has 5 heteroatoms. The van der Waals surface area contributed by atoms with Crippen LogP contribution in [0.25, 0.3) is 11.0 Å². The summed E-state index contributed by atoms with van der Waals surface area (Å²) in [5.74, 6) is -1.03. The number of imidazole rings is 1. The van der Waals surface area contributed by atoms with E-state index in [-0.39, 0.29) is 5.52 Å². The SMILES string of the molecule is Fc1ccc2[nH]c(CCCc3cccs3)nc2c1F. The van der Waals surface area contributed by atoms with Gasteiger partial charge in [-0.25, -0.2) is 13.8 Å². The van der Waals surface area contributed by atoms with Gasteiger partial charge < -0.3 is 4.98 Å². The lowest BCUT2D eigenvalue weighted by Crippen LogP contribution is -1.90. The maximum Gasteiger partial charge on any atom is 0.186 e. The van der Waals surface area contributed by atoms with Gasteiger partial charge in [0.2, 0.25) is 0 Å². The minimum Gasteiger partial charge on any atom is -0.342 e. The number of aryl methyl sites for hydroxylation is 2. The number of nitrogens with zero attached hydrogens (tertiary/aromatic N) is 1. The number of fused-ring (bicyclic) bond motifs is 1. The van der Waals surface area contributed by atoms with E-state index in [1.165, 1.54) is 10.9 Å². The molecule has 1 N–H and O–H groups in total. The second-order valence-electron chi connectivity index (χ2n) is 4.37. The molecule has 2 heterocycles. The molecule has 0 aliphatic rings. The summed E-state index contributed by atoms with van der Waals surface area (Å²) in [5.41, 5.74) is 0.635. The number of nitrogens with one attached hydrogen (secondary N) is 1. The molecule has 2 aromatic heterocycles. The van der Waals surface area contributed by atoms with Crippen LogP contribution in [0.3, 0.4) is 0 Å². The molecule has 0 bridgehead atoms. The molecule has 1 aromatic carbocycles. The zero-order valence-electron chi connectivity index (χ0n) is 10.1. The van der Waals surface area contributed by atoms with Gasteiger partial charge in [-0.15, -0.1) is 11.3 Å². The van der Waals surface area contributed by atoms with Crippen LogP contribution in [0, 0.1) is 11.6 Å². The summed E-state index contributed by atoms with van der Waals surface area (Å²) < 4.78 is 26.6. The van der Waals surface area contributed by atoms with Crippen LogP contribution in [0.15, 0.2) is 29.6 Å². The molecule has 0 atom stereocenters. The van der Waals surface area contributed by atoms with Crippen molar-refractivity contribution in [1.82, 2.24) is 9.97 Å². The van der Waals surface area contributed by atoms with Crippen molar-refractivity contribution in [1.29, 1.82) is 0 Å². The van der Waals surface area contributed by atoms with Crippen LogP contribution in [0.4, 0.5) is 8.78 Å². The number of hydrogen-bond acceptors (Lipinski definition) is 2. The molecule has 0 saturated carbocycles. The number of benzene rings is 1. The second-order valence-corrected chi connectivity index (χ2v) is 5.41. The van der Waals surface area contributed by atoms with E-state index in [4.69, 9.17) is 0 Å². The molecule has 0 radical (unpaired) electrons. The third kappa shape index (κ3) is 2.51. The Morgan fingerprint density at radius 3 is 2.84 bits per heavy atom. The summed E-state index contributed by atoms with van der Waals surface area (Å²) in [6.45, 7) is 0. The highest BCUT2D eigenvalue weighted by atomic mass is 32.1. The monoisotopic (exact) mass is 278 g/mol. The van der Waals surface area contributed by atoms with Crippen LogP contribution in [-0.4, -0.2) is 9.97 Å². The van der Waals surface area contributed by atoms with Gasteiger partial charge in [0.25, 0.3) is 0 Å². The number of H-pyrrole nitrogens is 1. The third-order valence-corrected chi connectivity index (χ3v) is 3.95. The Kier molecular flexibility index (Phi) is 3.29. The van der Waals surface area contributed by atoms with Crippen LogP contribution < -0.4 is 0 Å². The summed E-state index contributed by atoms with van der Waals surface area (Å²) in [4.78, 5) is 8.48. The number of hydrogen-bond donors (Lipinski definition) is 1. The summed E-state index contributed by atoms with van der Waals surface area (Å²) in [7, 11) is 0. The Balaban J connectivity index is 1.73. The minimum absolute atomic E-state index is 0.0890. The molecule has 19 heavy (non-hydrogen) atoms. The van der Waals surface area contributed by atoms with Crippen molar-refractivity contribution in [2.24, 2.45) is 0 Å². The van der Waals surface area contributed by atoms with Crippen LogP contribution in [0.5, 0.6) is 0 Å². The Morgan fingerprint density at radius 1 is 1.16 bits per heavy atom. The average molecular weight is 278 g/mol.